The number of pyridine rings is 1. The molecule has 2 aromatic rings. The van der Waals surface area contributed by atoms with Crippen molar-refractivity contribution in [1.82, 2.24) is 14.9 Å². The molecule has 0 fully saturated rings. The molecule has 8 heteroatoms. The summed E-state index contributed by atoms with van der Waals surface area (Å²) in [6, 6.07) is 3.24. The molecular weight excluding hydrogens is 280 g/mol. The summed E-state index contributed by atoms with van der Waals surface area (Å²) >= 11 is 0. The smallest absolute Gasteiger partial charge is 0.244 e. The fourth-order valence-electron chi connectivity index (χ4n) is 1.58. The maximum Gasteiger partial charge on any atom is 0.244 e. The summed E-state index contributed by atoms with van der Waals surface area (Å²) in [6.45, 7) is 2.77. The van der Waals surface area contributed by atoms with Crippen molar-refractivity contribution in [2.24, 2.45) is 0 Å². The highest BCUT2D eigenvalue weighted by Crippen LogP contribution is 2.19. The highest BCUT2D eigenvalue weighted by atomic mass is 32.2. The van der Waals surface area contributed by atoms with E-state index in [2.05, 4.69) is 24.7 Å². The van der Waals surface area contributed by atoms with Gasteiger partial charge in [-0.05, 0) is 12.5 Å². The van der Waals surface area contributed by atoms with Crippen LogP contribution in [-0.2, 0) is 16.6 Å². The third-order valence-corrected chi connectivity index (χ3v) is 4.00. The van der Waals surface area contributed by atoms with Crippen LogP contribution in [0, 0.1) is 0 Å². The molecule has 2 aromatic heterocycles. The van der Waals surface area contributed by atoms with Crippen LogP contribution in [0.25, 0.3) is 0 Å². The molecule has 0 amide bonds. The zero-order chi connectivity index (χ0) is 14.4. The summed E-state index contributed by atoms with van der Waals surface area (Å²) in [5.74, 6) is 0. The average Bonchev–Trinajstić information content (AvgIpc) is 2.97. The second kappa shape index (κ2) is 6.49. The summed E-state index contributed by atoms with van der Waals surface area (Å²) in [7, 11) is -3.65. The van der Waals surface area contributed by atoms with Gasteiger partial charge >= 0.3 is 0 Å². The van der Waals surface area contributed by atoms with E-state index in [1.807, 2.05) is 6.92 Å². The molecule has 0 spiro atoms. The molecule has 0 atom stereocenters. The number of aromatic nitrogens is 2. The van der Waals surface area contributed by atoms with E-state index in [0.717, 1.165) is 6.42 Å². The fraction of sp³-hybridized carbons (Fsp3) is 0.333. The van der Waals surface area contributed by atoms with E-state index in [-0.39, 0.29) is 11.4 Å². The van der Waals surface area contributed by atoms with Gasteiger partial charge in [0, 0.05) is 25.0 Å². The van der Waals surface area contributed by atoms with Crippen molar-refractivity contribution >= 4 is 15.7 Å². The summed E-state index contributed by atoms with van der Waals surface area (Å²) < 4.78 is 31.6. The number of hydrogen-bond acceptors (Lipinski definition) is 6. The predicted octanol–water partition coefficient (Wildman–Crippen LogP) is 1.37. The van der Waals surface area contributed by atoms with Gasteiger partial charge < -0.3 is 9.84 Å². The maximum atomic E-state index is 12.3. The fourth-order valence-corrected chi connectivity index (χ4v) is 2.70. The summed E-state index contributed by atoms with van der Waals surface area (Å²) in [4.78, 5) is 3.99. The van der Waals surface area contributed by atoms with Crippen LogP contribution in [0.3, 0.4) is 0 Å². The molecule has 0 bridgehead atoms. The number of nitrogens with zero attached hydrogens (tertiary/aromatic N) is 2. The van der Waals surface area contributed by atoms with Crippen LogP contribution in [0.1, 0.15) is 19.0 Å². The molecule has 0 saturated carbocycles. The minimum absolute atomic E-state index is 0.0704. The minimum Gasteiger partial charge on any atom is -0.384 e. The Hall–Kier alpha value is -1.93. The molecule has 7 nitrogen and oxygen atoms in total. The summed E-state index contributed by atoms with van der Waals surface area (Å²) in [5.41, 5.74) is 1.05. The Bertz CT molecular complexity index is 640. The lowest BCUT2D eigenvalue weighted by Crippen LogP contribution is -2.24. The Morgan fingerprint density at radius 2 is 2.20 bits per heavy atom. The van der Waals surface area contributed by atoms with Crippen molar-refractivity contribution in [2.45, 2.75) is 24.8 Å². The maximum absolute atomic E-state index is 12.3. The van der Waals surface area contributed by atoms with Crippen molar-refractivity contribution in [1.29, 1.82) is 0 Å². The molecule has 0 aromatic carbocycles. The first kappa shape index (κ1) is 14.5. The second-order valence-corrected chi connectivity index (χ2v) is 5.85. The van der Waals surface area contributed by atoms with Gasteiger partial charge in [-0.25, -0.2) is 13.1 Å². The van der Waals surface area contributed by atoms with Crippen molar-refractivity contribution < 1.29 is 12.9 Å². The number of rotatable bonds is 7. The molecule has 2 N–H and O–H groups in total. The molecular formula is C12H16N4O3S. The molecule has 0 aliphatic rings. The highest BCUT2D eigenvalue weighted by Gasteiger charge is 2.18. The Morgan fingerprint density at radius 3 is 2.90 bits per heavy atom. The topological polar surface area (TPSA) is 97.1 Å². The van der Waals surface area contributed by atoms with Gasteiger partial charge in [-0.3, -0.25) is 4.98 Å². The zero-order valence-electron chi connectivity index (χ0n) is 11.0. The largest absolute Gasteiger partial charge is 0.384 e. The van der Waals surface area contributed by atoms with Crippen LogP contribution >= 0.6 is 0 Å². The normalized spacial score (nSPS) is 11.4. The van der Waals surface area contributed by atoms with Gasteiger partial charge in [0.25, 0.3) is 0 Å². The van der Waals surface area contributed by atoms with E-state index in [4.69, 9.17) is 0 Å². The van der Waals surface area contributed by atoms with Gasteiger partial charge in [-0.15, -0.1) is 0 Å². The van der Waals surface area contributed by atoms with Gasteiger partial charge in [-0.2, -0.15) is 0 Å². The van der Waals surface area contributed by atoms with Crippen LogP contribution in [0.4, 0.5) is 5.69 Å². The minimum atomic E-state index is -3.65. The van der Waals surface area contributed by atoms with Crippen LogP contribution in [-0.4, -0.2) is 25.1 Å². The lowest BCUT2D eigenvalue weighted by Gasteiger charge is -2.11. The molecule has 0 aliphatic carbocycles. The number of hydrogen-bond donors (Lipinski definition) is 2. The molecule has 2 rings (SSSR count). The monoisotopic (exact) mass is 296 g/mol. The van der Waals surface area contributed by atoms with Crippen LogP contribution in [0.2, 0.25) is 0 Å². The van der Waals surface area contributed by atoms with Crippen LogP contribution in [0.5, 0.6) is 0 Å². The van der Waals surface area contributed by atoms with Gasteiger partial charge in [0.15, 0.2) is 0 Å². The van der Waals surface area contributed by atoms with Crippen LogP contribution in [0.15, 0.2) is 40.2 Å². The van der Waals surface area contributed by atoms with E-state index in [1.165, 1.54) is 12.5 Å². The first-order valence-corrected chi connectivity index (χ1v) is 7.68. The lowest BCUT2D eigenvalue weighted by molar-refractivity contribution is 0.411. The number of sulfonamides is 1. The van der Waals surface area contributed by atoms with Gasteiger partial charge in [0.1, 0.15) is 11.2 Å². The van der Waals surface area contributed by atoms with Gasteiger partial charge in [0.05, 0.1) is 17.9 Å². The predicted molar refractivity (Wildman–Crippen MR) is 73.5 cm³/mol. The van der Waals surface area contributed by atoms with Crippen LogP contribution < -0.4 is 10.0 Å². The Kier molecular flexibility index (Phi) is 4.70. The Balaban J connectivity index is 2.16. The summed E-state index contributed by atoms with van der Waals surface area (Å²) in [5, 5.41) is 6.72. The molecule has 0 unspecified atom stereocenters. The Labute approximate surface area is 117 Å². The van der Waals surface area contributed by atoms with E-state index in [9.17, 15) is 8.42 Å². The first-order chi connectivity index (χ1) is 9.63. The highest BCUT2D eigenvalue weighted by molar-refractivity contribution is 7.89. The van der Waals surface area contributed by atoms with Crippen molar-refractivity contribution in [3.63, 3.8) is 0 Å². The molecule has 2 heterocycles. The van der Waals surface area contributed by atoms with Crippen molar-refractivity contribution in [2.75, 3.05) is 11.9 Å². The lowest BCUT2D eigenvalue weighted by atomic mass is 10.4. The molecule has 0 radical (unpaired) electrons. The molecule has 0 saturated heterocycles. The third kappa shape index (κ3) is 3.55. The number of nitrogens with one attached hydrogen (secondary N) is 2. The van der Waals surface area contributed by atoms with Crippen molar-refractivity contribution in [3.05, 3.63) is 36.5 Å². The van der Waals surface area contributed by atoms with Gasteiger partial charge in [0.2, 0.25) is 10.0 Å². The van der Waals surface area contributed by atoms with Crippen molar-refractivity contribution in [3.8, 4) is 0 Å². The molecule has 20 heavy (non-hydrogen) atoms. The standard InChI is InChI=1S/C12H16N4O3S/c1-2-5-14-11-3-6-13-9-12(11)20(17,18)15-8-10-4-7-19-16-10/h3-4,6-7,9,15H,2,5,8H2,1H3,(H,13,14). The quantitative estimate of drug-likeness (QED) is 0.801. The average molecular weight is 296 g/mol. The van der Waals surface area contributed by atoms with E-state index < -0.39 is 10.0 Å². The van der Waals surface area contributed by atoms with E-state index in [0.29, 0.717) is 17.9 Å². The van der Waals surface area contributed by atoms with Gasteiger partial charge in [-0.1, -0.05) is 12.1 Å². The Morgan fingerprint density at radius 1 is 1.35 bits per heavy atom. The number of anilines is 1. The zero-order valence-corrected chi connectivity index (χ0v) is 11.9. The second-order valence-electron chi connectivity index (χ2n) is 4.11. The SMILES string of the molecule is CCCNc1ccncc1S(=O)(=O)NCc1ccon1. The summed E-state index contributed by atoms with van der Waals surface area (Å²) in [6.07, 6.45) is 5.16. The molecule has 108 valence electrons. The third-order valence-electron chi connectivity index (χ3n) is 2.57. The van der Waals surface area contributed by atoms with E-state index >= 15 is 0 Å². The van der Waals surface area contributed by atoms with E-state index in [1.54, 1.807) is 18.3 Å². The first-order valence-electron chi connectivity index (χ1n) is 6.20. The molecule has 0 aliphatic heterocycles.